The highest BCUT2D eigenvalue weighted by Crippen LogP contribution is 2.44. The van der Waals surface area contributed by atoms with Gasteiger partial charge in [-0.15, -0.1) is 11.3 Å². The van der Waals surface area contributed by atoms with Crippen LogP contribution in [0.4, 0.5) is 0 Å². The third-order valence-electron chi connectivity index (χ3n) is 5.38. The predicted octanol–water partition coefficient (Wildman–Crippen LogP) is 5.75. The van der Waals surface area contributed by atoms with Crippen molar-refractivity contribution in [1.82, 2.24) is 5.32 Å². The zero-order chi connectivity index (χ0) is 16.5. The molecule has 0 radical (unpaired) electrons. The van der Waals surface area contributed by atoms with Gasteiger partial charge in [-0.25, -0.2) is 0 Å². The van der Waals surface area contributed by atoms with Gasteiger partial charge < -0.3 is 10.1 Å². The minimum atomic E-state index is 0.511. The van der Waals surface area contributed by atoms with E-state index in [0.717, 1.165) is 6.42 Å². The number of hydrogen-bond acceptors (Lipinski definition) is 3. The fraction of sp³-hybridized carbons (Fsp3) is 0.474. The Kier molecular flexibility index (Phi) is 5.05. The number of ether oxygens (including phenoxy) is 1. The zero-order valence-corrected chi connectivity index (χ0v) is 15.7. The molecule has 2 fully saturated rings. The Morgan fingerprint density at radius 2 is 2.08 bits per heavy atom. The lowest BCUT2D eigenvalue weighted by Gasteiger charge is -2.37. The molecule has 3 heterocycles. The normalized spacial score (nSPS) is 28.9. The maximum Gasteiger partial charge on any atom is 0.139 e. The molecule has 2 unspecified atom stereocenters. The number of fused-ring (bicyclic) bond motifs is 2. The summed E-state index contributed by atoms with van der Waals surface area (Å²) >= 11 is 14.2. The second-order valence-corrected chi connectivity index (χ2v) is 8.52. The summed E-state index contributed by atoms with van der Waals surface area (Å²) in [5, 5.41) is 7.05. The van der Waals surface area contributed by atoms with Crippen molar-refractivity contribution in [2.45, 2.75) is 43.7 Å². The van der Waals surface area contributed by atoms with Gasteiger partial charge in [0.25, 0.3) is 0 Å². The van der Waals surface area contributed by atoms with Gasteiger partial charge in [-0.3, -0.25) is 0 Å². The van der Waals surface area contributed by atoms with E-state index in [1.807, 2.05) is 23.5 Å². The minimum absolute atomic E-state index is 0.511. The summed E-state index contributed by atoms with van der Waals surface area (Å²) in [5.74, 6) is 1.97. The largest absolute Gasteiger partial charge is 0.492 e. The fourth-order valence-electron chi connectivity index (χ4n) is 4.27. The van der Waals surface area contributed by atoms with Crippen LogP contribution >= 0.6 is 34.5 Å². The van der Waals surface area contributed by atoms with Gasteiger partial charge in [-0.1, -0.05) is 35.3 Å². The second-order valence-electron chi connectivity index (χ2n) is 6.76. The molecule has 0 saturated carbocycles. The quantitative estimate of drug-likeness (QED) is 0.711. The first kappa shape index (κ1) is 16.7. The van der Waals surface area contributed by atoms with Crippen molar-refractivity contribution < 1.29 is 4.74 Å². The van der Waals surface area contributed by atoms with Crippen molar-refractivity contribution >= 4 is 34.5 Å². The van der Waals surface area contributed by atoms with Gasteiger partial charge in [-0.2, -0.15) is 0 Å². The maximum absolute atomic E-state index is 6.22. The topological polar surface area (TPSA) is 21.3 Å². The molecule has 4 rings (SSSR count). The van der Waals surface area contributed by atoms with E-state index in [0.29, 0.717) is 46.3 Å². The monoisotopic (exact) mass is 381 g/mol. The highest BCUT2D eigenvalue weighted by Gasteiger charge is 2.42. The van der Waals surface area contributed by atoms with Crippen molar-refractivity contribution in [3.63, 3.8) is 0 Å². The summed E-state index contributed by atoms with van der Waals surface area (Å²) in [4.78, 5) is 1.53. The molecule has 0 aliphatic carbocycles. The molecule has 1 N–H and O–H groups in total. The number of piperidine rings is 1. The van der Waals surface area contributed by atoms with E-state index in [-0.39, 0.29) is 0 Å². The molecule has 2 nitrogen and oxygen atoms in total. The molecule has 1 aromatic heterocycles. The van der Waals surface area contributed by atoms with Gasteiger partial charge in [0.2, 0.25) is 0 Å². The molecule has 128 valence electrons. The molecule has 5 heteroatoms. The Bertz CT molecular complexity index is 691. The first-order chi connectivity index (χ1) is 11.7. The van der Waals surface area contributed by atoms with Crippen molar-refractivity contribution in [1.29, 1.82) is 0 Å². The molecule has 1 aromatic carbocycles. The van der Waals surface area contributed by atoms with Crippen LogP contribution < -0.4 is 10.1 Å². The molecule has 0 spiro atoms. The van der Waals surface area contributed by atoms with E-state index < -0.39 is 0 Å². The zero-order valence-electron chi connectivity index (χ0n) is 13.4. The molecular formula is C19H21Cl2NOS. The van der Waals surface area contributed by atoms with E-state index >= 15 is 0 Å². The van der Waals surface area contributed by atoms with E-state index in [4.69, 9.17) is 27.9 Å². The van der Waals surface area contributed by atoms with Crippen molar-refractivity contribution in [3.8, 4) is 5.75 Å². The average molecular weight is 382 g/mol. The molecule has 2 saturated heterocycles. The Morgan fingerprint density at radius 1 is 1.17 bits per heavy atom. The van der Waals surface area contributed by atoms with Crippen LogP contribution in [-0.4, -0.2) is 18.7 Å². The van der Waals surface area contributed by atoms with Crippen molar-refractivity contribution in [3.05, 3.63) is 50.6 Å². The smallest absolute Gasteiger partial charge is 0.139 e. The molecule has 2 aromatic rings. The van der Waals surface area contributed by atoms with E-state index in [2.05, 4.69) is 22.8 Å². The molecule has 0 amide bonds. The van der Waals surface area contributed by atoms with Crippen LogP contribution in [0.1, 0.15) is 36.5 Å². The third kappa shape index (κ3) is 3.32. The molecule has 2 bridgehead atoms. The van der Waals surface area contributed by atoms with Crippen LogP contribution in [0, 0.1) is 5.92 Å². The van der Waals surface area contributed by atoms with Gasteiger partial charge in [-0.05, 0) is 61.1 Å². The van der Waals surface area contributed by atoms with E-state index in [9.17, 15) is 0 Å². The molecule has 24 heavy (non-hydrogen) atoms. The standard InChI is InChI=1S/C19H21Cl2NOS/c20-15-3-1-4-17(19(15)21)23-9-8-13-14(18-5-2-10-24-18)11-12-6-7-16(13)22-12/h1-5,10,12-14,16,22H,6-9,11H2/t12?,13-,14+,16?/m1/s1. The maximum atomic E-state index is 6.22. The summed E-state index contributed by atoms with van der Waals surface area (Å²) in [6.45, 7) is 0.676. The number of hydrogen-bond donors (Lipinski definition) is 1. The summed E-state index contributed by atoms with van der Waals surface area (Å²) in [6.07, 6.45) is 4.88. The lowest BCUT2D eigenvalue weighted by molar-refractivity contribution is 0.196. The summed E-state index contributed by atoms with van der Waals surface area (Å²) in [6, 6.07) is 11.3. The highest BCUT2D eigenvalue weighted by molar-refractivity contribution is 7.10. The average Bonchev–Trinajstić information content (AvgIpc) is 3.24. The summed E-state index contributed by atoms with van der Waals surface area (Å²) < 4.78 is 5.95. The number of thiophene rings is 1. The summed E-state index contributed by atoms with van der Waals surface area (Å²) in [5.41, 5.74) is 0. The van der Waals surface area contributed by atoms with Crippen LogP contribution in [0.15, 0.2) is 35.7 Å². The summed E-state index contributed by atoms with van der Waals surface area (Å²) in [7, 11) is 0. The van der Waals surface area contributed by atoms with Gasteiger partial charge in [0.1, 0.15) is 10.8 Å². The van der Waals surface area contributed by atoms with Crippen LogP contribution in [0.5, 0.6) is 5.75 Å². The third-order valence-corrected chi connectivity index (χ3v) is 7.19. The fourth-order valence-corrected chi connectivity index (χ4v) is 5.53. The Hall–Kier alpha value is -0.740. The predicted molar refractivity (Wildman–Crippen MR) is 102 cm³/mol. The second kappa shape index (κ2) is 7.25. The number of halogens is 2. The Labute approximate surface area is 157 Å². The SMILES string of the molecule is Clc1cccc(OCC[C@H]2C3CCC(C[C@@H]2c2cccs2)N3)c1Cl. The number of benzene rings is 1. The van der Waals surface area contributed by atoms with Gasteiger partial charge in [0.05, 0.1) is 11.6 Å². The van der Waals surface area contributed by atoms with Crippen LogP contribution in [0.25, 0.3) is 0 Å². The molecular weight excluding hydrogens is 361 g/mol. The van der Waals surface area contributed by atoms with E-state index in [1.54, 1.807) is 6.07 Å². The first-order valence-corrected chi connectivity index (χ1v) is 10.2. The lowest BCUT2D eigenvalue weighted by Crippen LogP contribution is -2.44. The van der Waals surface area contributed by atoms with Crippen LogP contribution in [-0.2, 0) is 0 Å². The van der Waals surface area contributed by atoms with Gasteiger partial charge in [0, 0.05) is 17.0 Å². The minimum Gasteiger partial charge on any atom is -0.492 e. The Morgan fingerprint density at radius 3 is 2.92 bits per heavy atom. The molecule has 2 aliphatic rings. The van der Waals surface area contributed by atoms with Gasteiger partial charge >= 0.3 is 0 Å². The Balaban J connectivity index is 1.44. The first-order valence-electron chi connectivity index (χ1n) is 8.58. The van der Waals surface area contributed by atoms with E-state index in [1.165, 1.54) is 24.1 Å². The van der Waals surface area contributed by atoms with Crippen molar-refractivity contribution in [2.24, 2.45) is 5.92 Å². The lowest BCUT2D eigenvalue weighted by atomic mass is 9.78. The number of nitrogens with one attached hydrogen (secondary N) is 1. The van der Waals surface area contributed by atoms with Gasteiger partial charge in [0.15, 0.2) is 0 Å². The molecule has 2 aliphatic heterocycles. The highest BCUT2D eigenvalue weighted by atomic mass is 35.5. The number of rotatable bonds is 5. The van der Waals surface area contributed by atoms with Crippen LogP contribution in [0.2, 0.25) is 10.0 Å². The molecule has 4 atom stereocenters. The van der Waals surface area contributed by atoms with Crippen molar-refractivity contribution in [2.75, 3.05) is 6.61 Å². The van der Waals surface area contributed by atoms with Crippen LogP contribution in [0.3, 0.4) is 0 Å².